The second-order valence-electron chi connectivity index (χ2n) is 7.99. The Morgan fingerprint density at radius 2 is 2.10 bits per heavy atom. The smallest absolute Gasteiger partial charge is 0.246 e. The third-order valence-electron chi connectivity index (χ3n) is 5.06. The summed E-state index contributed by atoms with van der Waals surface area (Å²) >= 11 is 0. The average Bonchev–Trinajstić information content (AvgIpc) is 2.98. The van der Waals surface area contributed by atoms with Gasteiger partial charge in [-0.25, -0.2) is 0 Å². The first-order chi connectivity index (χ1) is 14.3. The zero-order valence-corrected chi connectivity index (χ0v) is 18.4. The lowest BCUT2D eigenvalue weighted by molar-refractivity contribution is -0.126. The van der Waals surface area contributed by atoms with Crippen molar-refractivity contribution in [3.05, 3.63) is 23.8 Å². The van der Waals surface area contributed by atoms with Gasteiger partial charge in [0.25, 0.3) is 0 Å². The Kier molecular flexibility index (Phi) is 9.32. The number of hydrogen-bond acceptors (Lipinski definition) is 8. The van der Waals surface area contributed by atoms with E-state index >= 15 is 0 Å². The summed E-state index contributed by atoms with van der Waals surface area (Å²) in [6.45, 7) is 2.52. The molecule has 0 bridgehead atoms. The van der Waals surface area contributed by atoms with Crippen molar-refractivity contribution >= 4 is 5.91 Å². The third kappa shape index (κ3) is 7.10. The molecule has 0 saturated carbocycles. The Morgan fingerprint density at radius 3 is 2.77 bits per heavy atom. The van der Waals surface area contributed by atoms with Crippen molar-refractivity contribution in [1.29, 1.82) is 0 Å². The highest BCUT2D eigenvalue weighted by atomic mass is 16.5. The second kappa shape index (κ2) is 11.5. The highest BCUT2D eigenvalue weighted by molar-refractivity contribution is 5.77. The number of methoxy groups -OCH3 is 2. The molecule has 3 N–H and O–H groups in total. The zero-order valence-electron chi connectivity index (χ0n) is 18.4. The zero-order chi connectivity index (χ0) is 22.1. The molecule has 0 aromatic heterocycles. The number of nitrogens with one attached hydrogen (secondary N) is 1. The molecule has 1 aromatic rings. The Bertz CT molecular complexity index is 687. The molecule has 0 radical (unpaired) electrons. The molecule has 1 aliphatic heterocycles. The predicted molar refractivity (Wildman–Crippen MR) is 113 cm³/mol. The minimum Gasteiger partial charge on any atom is -0.493 e. The fraction of sp³-hybridized carbons (Fsp3) is 0.667. The highest BCUT2D eigenvalue weighted by Crippen LogP contribution is 2.30. The van der Waals surface area contributed by atoms with Crippen molar-refractivity contribution in [2.45, 2.75) is 24.7 Å². The quantitative estimate of drug-likeness (QED) is 0.392. The van der Waals surface area contributed by atoms with Crippen LogP contribution in [0.5, 0.6) is 11.5 Å². The Labute approximate surface area is 178 Å². The lowest BCUT2D eigenvalue weighted by atomic mass is 10.0. The van der Waals surface area contributed by atoms with Gasteiger partial charge in [-0.05, 0) is 38.2 Å². The minimum atomic E-state index is -1.40. The summed E-state index contributed by atoms with van der Waals surface area (Å²) in [7, 11) is 7.08. The monoisotopic (exact) mass is 425 g/mol. The molecule has 1 aromatic carbocycles. The molecule has 170 valence electrons. The van der Waals surface area contributed by atoms with E-state index in [1.54, 1.807) is 7.11 Å². The van der Waals surface area contributed by atoms with Crippen LogP contribution in [0.2, 0.25) is 0 Å². The number of hydrogen-bond donors (Lipinski definition) is 3. The van der Waals surface area contributed by atoms with Crippen molar-refractivity contribution in [2.24, 2.45) is 0 Å². The number of rotatable bonds is 12. The first-order valence-electron chi connectivity index (χ1n) is 10.1. The van der Waals surface area contributed by atoms with Gasteiger partial charge in [-0.2, -0.15) is 0 Å². The van der Waals surface area contributed by atoms with Gasteiger partial charge in [0.15, 0.2) is 11.5 Å². The van der Waals surface area contributed by atoms with Gasteiger partial charge in [0, 0.05) is 33.3 Å². The van der Waals surface area contributed by atoms with E-state index in [1.807, 2.05) is 37.2 Å². The molecule has 1 fully saturated rings. The number of aliphatic hydroxyl groups excluding tert-OH is 1. The topological polar surface area (TPSA) is 104 Å². The van der Waals surface area contributed by atoms with Crippen LogP contribution in [0.15, 0.2) is 18.2 Å². The molecule has 1 heterocycles. The molecule has 0 aliphatic carbocycles. The van der Waals surface area contributed by atoms with Crippen LogP contribution in [0.4, 0.5) is 0 Å². The summed E-state index contributed by atoms with van der Waals surface area (Å²) in [5, 5.41) is 23.7. The summed E-state index contributed by atoms with van der Waals surface area (Å²) < 4.78 is 16.1. The van der Waals surface area contributed by atoms with Crippen LogP contribution in [-0.2, 0) is 16.1 Å². The molecule has 1 saturated heterocycles. The molecule has 0 unspecified atom stereocenters. The number of β-amino-alcohol motifs (C(OH)–C–C–N with tert-alkyl or cyclic N) is 2. The maximum absolute atomic E-state index is 11.6. The summed E-state index contributed by atoms with van der Waals surface area (Å²) in [4.78, 5) is 15.6. The standard InChI is InChI=1S/C21H35N3O6/c1-23(2)8-5-9-30-17-7-6-16(10-18(17)29-4)11-24-12-19(25)21(27,15-24)14-22-20(26)13-28-3/h6-7,10,19,25,27H,5,8-9,11-15H2,1-4H3,(H,22,26)/t19-,21+/m1/s1. The van der Waals surface area contributed by atoms with Gasteiger partial charge < -0.3 is 34.6 Å². The van der Waals surface area contributed by atoms with Crippen molar-refractivity contribution in [2.75, 3.05) is 67.7 Å². The normalized spacial score (nSPS) is 21.8. The number of benzene rings is 1. The van der Waals surface area contributed by atoms with Crippen LogP contribution in [0.1, 0.15) is 12.0 Å². The number of nitrogens with zero attached hydrogens (tertiary/aromatic N) is 2. The van der Waals surface area contributed by atoms with Crippen molar-refractivity contribution in [3.8, 4) is 11.5 Å². The summed E-state index contributed by atoms with van der Waals surface area (Å²) in [5.41, 5.74) is -0.421. The van der Waals surface area contributed by atoms with Crippen LogP contribution >= 0.6 is 0 Å². The largest absolute Gasteiger partial charge is 0.493 e. The van der Waals surface area contributed by atoms with Gasteiger partial charge in [0.05, 0.1) is 26.4 Å². The van der Waals surface area contributed by atoms with Crippen molar-refractivity contribution in [3.63, 3.8) is 0 Å². The first kappa shape index (κ1) is 24.4. The van der Waals surface area contributed by atoms with E-state index in [-0.39, 0.29) is 25.6 Å². The van der Waals surface area contributed by atoms with E-state index < -0.39 is 11.7 Å². The second-order valence-corrected chi connectivity index (χ2v) is 7.99. The molecule has 9 heteroatoms. The summed E-state index contributed by atoms with van der Waals surface area (Å²) in [6, 6.07) is 5.74. The molecule has 2 rings (SSSR count). The number of aliphatic hydroxyl groups is 2. The number of amides is 1. The van der Waals surface area contributed by atoms with Gasteiger partial charge in [0.2, 0.25) is 5.91 Å². The Morgan fingerprint density at radius 1 is 1.33 bits per heavy atom. The van der Waals surface area contributed by atoms with E-state index in [4.69, 9.17) is 14.2 Å². The fourth-order valence-electron chi connectivity index (χ4n) is 3.45. The van der Waals surface area contributed by atoms with E-state index in [2.05, 4.69) is 10.2 Å². The predicted octanol–water partition coefficient (Wildman–Crippen LogP) is -0.304. The number of likely N-dealkylation sites (tertiary alicyclic amines) is 1. The number of carbonyl (C=O) groups is 1. The SMILES string of the molecule is COCC(=O)NC[C@]1(O)CN(Cc2ccc(OCCCN(C)C)c(OC)c2)C[C@H]1O. The lowest BCUT2D eigenvalue weighted by Gasteiger charge is -2.26. The van der Waals surface area contributed by atoms with Gasteiger partial charge in [-0.1, -0.05) is 6.07 Å². The van der Waals surface area contributed by atoms with Gasteiger partial charge >= 0.3 is 0 Å². The summed E-state index contributed by atoms with van der Waals surface area (Å²) in [6.07, 6.45) is -0.0372. The average molecular weight is 426 g/mol. The number of carbonyl (C=O) groups excluding carboxylic acids is 1. The van der Waals surface area contributed by atoms with Crippen molar-refractivity contribution in [1.82, 2.24) is 15.1 Å². The molecular weight excluding hydrogens is 390 g/mol. The Hall–Kier alpha value is -1.91. The van der Waals surface area contributed by atoms with Crippen LogP contribution in [-0.4, -0.2) is 105 Å². The molecule has 9 nitrogen and oxygen atoms in total. The molecule has 2 atom stereocenters. The fourth-order valence-corrected chi connectivity index (χ4v) is 3.45. The Balaban J connectivity index is 1.92. The third-order valence-corrected chi connectivity index (χ3v) is 5.06. The molecule has 0 spiro atoms. The van der Waals surface area contributed by atoms with Crippen LogP contribution < -0.4 is 14.8 Å². The van der Waals surface area contributed by atoms with Gasteiger partial charge in [0.1, 0.15) is 12.2 Å². The lowest BCUT2D eigenvalue weighted by Crippen LogP contribution is -2.51. The van der Waals surface area contributed by atoms with E-state index in [9.17, 15) is 15.0 Å². The van der Waals surface area contributed by atoms with Gasteiger partial charge in [-0.3, -0.25) is 9.69 Å². The van der Waals surface area contributed by atoms with E-state index in [0.29, 0.717) is 31.2 Å². The van der Waals surface area contributed by atoms with Crippen LogP contribution in [0.25, 0.3) is 0 Å². The van der Waals surface area contributed by atoms with E-state index in [0.717, 1.165) is 18.5 Å². The molecular formula is C21H35N3O6. The van der Waals surface area contributed by atoms with Gasteiger partial charge in [-0.15, -0.1) is 0 Å². The molecule has 1 aliphatic rings. The van der Waals surface area contributed by atoms with Crippen molar-refractivity contribution < 1.29 is 29.2 Å². The van der Waals surface area contributed by atoms with Crippen LogP contribution in [0, 0.1) is 0 Å². The van der Waals surface area contributed by atoms with Crippen LogP contribution in [0.3, 0.4) is 0 Å². The molecule has 1 amide bonds. The maximum atomic E-state index is 11.6. The maximum Gasteiger partial charge on any atom is 0.246 e. The molecule has 30 heavy (non-hydrogen) atoms. The highest BCUT2D eigenvalue weighted by Gasteiger charge is 2.44. The number of ether oxygens (including phenoxy) is 3. The summed E-state index contributed by atoms with van der Waals surface area (Å²) in [5.74, 6) is 1.01. The van der Waals surface area contributed by atoms with E-state index in [1.165, 1.54) is 7.11 Å². The minimum absolute atomic E-state index is 0.0318. The first-order valence-corrected chi connectivity index (χ1v) is 10.1.